The maximum atomic E-state index is 11.7. The quantitative estimate of drug-likeness (QED) is 0.0517. The number of carbonyl (C=O) groups is 1. The van der Waals surface area contributed by atoms with E-state index in [-0.39, 0.29) is 43.5 Å². The van der Waals surface area contributed by atoms with E-state index in [0.29, 0.717) is 5.71 Å². The van der Waals surface area contributed by atoms with E-state index < -0.39 is 0 Å². The van der Waals surface area contributed by atoms with Crippen LogP contribution in [0.4, 0.5) is 0 Å². The van der Waals surface area contributed by atoms with Crippen molar-refractivity contribution in [1.82, 2.24) is 4.98 Å². The number of benzene rings is 4. The number of rotatable bonds is 9. The molecule has 6 heteroatoms. The van der Waals surface area contributed by atoms with E-state index in [1.807, 2.05) is 62.6 Å². The average Bonchev–Trinajstić information content (AvgIpc) is 3.52. The smallest absolute Gasteiger partial charge is 0.216 e. The van der Waals surface area contributed by atoms with Gasteiger partial charge < -0.3 is 14.1 Å². The zero-order valence-corrected chi connectivity index (χ0v) is 31.5. The number of allylic oxidation sites excluding steroid dienone is 2. The molecule has 0 saturated carbocycles. The number of hydrogen-bond donors (Lipinski definition) is 1. The number of aliphatic hydroxyl groups excluding tert-OH is 1. The maximum Gasteiger partial charge on any atom is 0.216 e. The largest absolute Gasteiger partial charge is 0.512 e. The summed E-state index contributed by atoms with van der Waals surface area (Å²) in [6, 6.07) is 36.9. The van der Waals surface area contributed by atoms with Gasteiger partial charge in [-0.25, -0.2) is 4.98 Å². The first-order valence-electron chi connectivity index (χ1n) is 17.3. The van der Waals surface area contributed by atoms with Crippen molar-refractivity contribution in [2.24, 2.45) is 11.8 Å². The van der Waals surface area contributed by atoms with Crippen molar-refractivity contribution in [3.8, 4) is 22.4 Å². The molecule has 0 saturated heterocycles. The van der Waals surface area contributed by atoms with Gasteiger partial charge in [0, 0.05) is 62.0 Å². The average molecular weight is 840 g/mol. The minimum absolute atomic E-state index is 0. The molecule has 0 aliphatic heterocycles. The van der Waals surface area contributed by atoms with Gasteiger partial charge >= 0.3 is 0 Å². The number of nitrogens with zero attached hydrogens (tertiary/aromatic N) is 2. The topological polar surface area (TPSA) is 67.2 Å². The number of pyridine rings is 2. The molecule has 0 aliphatic rings. The third-order valence-electron chi connectivity index (χ3n) is 9.67. The first kappa shape index (κ1) is 36.5. The molecule has 1 radical (unpaired) electrons. The summed E-state index contributed by atoms with van der Waals surface area (Å²) < 4.78 is 8.24. The molecule has 5 nitrogen and oxygen atoms in total. The van der Waals surface area contributed by atoms with Crippen LogP contribution in [0.25, 0.3) is 66.1 Å². The molecule has 3 aromatic heterocycles. The Morgan fingerprint density at radius 1 is 0.860 bits per heavy atom. The fourth-order valence-corrected chi connectivity index (χ4v) is 6.78. The van der Waals surface area contributed by atoms with E-state index in [4.69, 9.17) is 4.42 Å². The fraction of sp³-hybridized carbons (Fsp3) is 0.227. The second kappa shape index (κ2) is 16.3. The Hall–Kier alpha value is -4.77. The summed E-state index contributed by atoms with van der Waals surface area (Å²) in [5.41, 5.74) is 6.57. The third kappa shape index (κ3) is 7.10. The van der Waals surface area contributed by atoms with E-state index in [9.17, 15) is 9.90 Å². The first-order chi connectivity index (χ1) is 23.9. The molecule has 7 rings (SSSR count). The Morgan fingerprint density at radius 2 is 1.54 bits per heavy atom. The van der Waals surface area contributed by atoms with Gasteiger partial charge in [0.1, 0.15) is 11.2 Å². The monoisotopic (exact) mass is 840 g/mol. The van der Waals surface area contributed by atoms with Crippen molar-refractivity contribution in [2.75, 3.05) is 0 Å². The number of aliphatic hydroxyl groups is 1. The normalized spacial score (nSPS) is 11.7. The maximum absolute atomic E-state index is 11.7. The second-order valence-corrected chi connectivity index (χ2v) is 12.5. The molecule has 0 fully saturated rings. The van der Waals surface area contributed by atoms with E-state index in [1.165, 1.54) is 22.2 Å². The van der Waals surface area contributed by atoms with E-state index in [0.717, 1.165) is 69.9 Å². The van der Waals surface area contributed by atoms with Crippen LogP contribution < -0.4 is 4.57 Å². The number of carbonyl (C=O) groups excluding carboxylic acids is 1. The van der Waals surface area contributed by atoms with Crippen LogP contribution in [0, 0.1) is 24.9 Å². The van der Waals surface area contributed by atoms with E-state index in [1.54, 1.807) is 6.20 Å². The molecule has 0 spiro atoms. The van der Waals surface area contributed by atoms with Crippen LogP contribution >= 0.6 is 0 Å². The molecule has 3 heterocycles. The Bertz CT molecular complexity index is 2280. The van der Waals surface area contributed by atoms with Gasteiger partial charge in [0.05, 0.1) is 11.3 Å². The van der Waals surface area contributed by atoms with Crippen LogP contribution in [-0.4, -0.2) is 15.9 Å². The summed E-state index contributed by atoms with van der Waals surface area (Å²) in [6.45, 7) is 8.07. The van der Waals surface area contributed by atoms with Crippen LogP contribution in [-0.2, 0) is 24.9 Å². The number of furan rings is 1. The molecule has 0 atom stereocenters. The van der Waals surface area contributed by atoms with E-state index in [2.05, 4.69) is 84.8 Å². The summed E-state index contributed by atoms with van der Waals surface area (Å²) in [6.07, 6.45) is 6.66. The number of fused-ring (bicyclic) bond motifs is 6. The number of hydrogen-bond acceptors (Lipinski definition) is 4. The summed E-state index contributed by atoms with van der Waals surface area (Å²) in [7, 11) is 4.47. The van der Waals surface area contributed by atoms with Gasteiger partial charge in [-0.15, -0.1) is 18.2 Å². The Balaban J connectivity index is 0.000000261. The zero-order chi connectivity index (χ0) is 34.5. The minimum atomic E-state index is 0. The van der Waals surface area contributed by atoms with Crippen LogP contribution in [0.15, 0.2) is 120 Å². The van der Waals surface area contributed by atoms with Crippen molar-refractivity contribution < 1.29 is 39.0 Å². The molecule has 1 N–H and O–H groups in total. The second-order valence-electron chi connectivity index (χ2n) is 12.5. The molecule has 4 aromatic carbocycles. The Morgan fingerprint density at radius 3 is 2.26 bits per heavy atom. The van der Waals surface area contributed by atoms with Crippen LogP contribution in [0.1, 0.15) is 53.4 Å². The van der Waals surface area contributed by atoms with Gasteiger partial charge in [0.2, 0.25) is 5.71 Å². The first-order valence-corrected chi connectivity index (χ1v) is 17.3. The molecular weight excluding hydrogens is 797 g/mol. The van der Waals surface area contributed by atoms with Crippen molar-refractivity contribution in [3.63, 3.8) is 0 Å². The van der Waals surface area contributed by atoms with Gasteiger partial charge in [-0.05, 0) is 77.4 Å². The fourth-order valence-electron chi connectivity index (χ4n) is 6.78. The Kier molecular flexibility index (Phi) is 11.9. The predicted molar refractivity (Wildman–Crippen MR) is 201 cm³/mol. The van der Waals surface area contributed by atoms with Crippen LogP contribution in [0.3, 0.4) is 0 Å². The summed E-state index contributed by atoms with van der Waals surface area (Å²) in [4.78, 5) is 16.1. The van der Waals surface area contributed by atoms with Crippen molar-refractivity contribution in [1.29, 1.82) is 0 Å². The van der Waals surface area contributed by atoms with Crippen molar-refractivity contribution in [2.45, 2.75) is 53.4 Å². The summed E-state index contributed by atoms with van der Waals surface area (Å²) in [5, 5.41) is 15.4. The Labute approximate surface area is 308 Å². The molecular formula is C44H43IrN2O3-. The minimum Gasteiger partial charge on any atom is -0.512 e. The van der Waals surface area contributed by atoms with Gasteiger partial charge in [-0.3, -0.25) is 4.79 Å². The van der Waals surface area contributed by atoms with E-state index >= 15 is 0 Å². The standard InChI is InChI=1S/C31H19N2O.C13H24O2.Ir/c1-33-27-17-16-21-11-5-6-12-22(21)29(27)26(20-9-3-2-4-10-20)19-28(33)25-14-7-13-23-24-15-8-18-32-31(24)34-30(23)25;1-5-10(6-2)12(14)9-13(15)11(7-3)8-4;/h2-13,15-19H,1H2;9-11,14H,5-8H2,1-4H3;/q-1;;/b;12-9-;. The van der Waals surface area contributed by atoms with Gasteiger partial charge in [-0.2, -0.15) is 0 Å². The van der Waals surface area contributed by atoms with Gasteiger partial charge in [-0.1, -0.05) is 93.7 Å². The molecule has 257 valence electrons. The van der Waals surface area contributed by atoms with Gasteiger partial charge in [0.25, 0.3) is 0 Å². The molecule has 50 heavy (non-hydrogen) atoms. The SMILES string of the molecule is CCC(CC)C(=O)/C=C(\O)C(CC)CC.[CH2-][n+]1c(-c2[c-]ccc3c2oc2ncccc23)cc(-c2ccccc2)c2c3ccccc3ccc21.[Ir]. The number of ketones is 1. The van der Waals surface area contributed by atoms with Crippen molar-refractivity contribution in [3.05, 3.63) is 128 Å². The molecule has 0 amide bonds. The third-order valence-corrected chi connectivity index (χ3v) is 9.67. The predicted octanol–water partition coefficient (Wildman–Crippen LogP) is 11.2. The van der Waals surface area contributed by atoms with Gasteiger partial charge in [0.15, 0.2) is 5.78 Å². The number of aromatic nitrogens is 2. The summed E-state index contributed by atoms with van der Waals surface area (Å²) in [5.74, 6) is 0.547. The molecule has 0 unspecified atom stereocenters. The molecule has 0 aliphatic carbocycles. The van der Waals surface area contributed by atoms with Crippen LogP contribution in [0.2, 0.25) is 0 Å². The van der Waals surface area contributed by atoms with Crippen LogP contribution in [0.5, 0.6) is 0 Å². The zero-order valence-electron chi connectivity index (χ0n) is 29.1. The molecule has 7 aromatic rings. The molecule has 0 bridgehead atoms. The summed E-state index contributed by atoms with van der Waals surface area (Å²) >= 11 is 0. The van der Waals surface area contributed by atoms with Crippen molar-refractivity contribution >= 4 is 49.5 Å².